The van der Waals surface area contributed by atoms with Gasteiger partial charge in [0.2, 0.25) is 0 Å². The van der Waals surface area contributed by atoms with E-state index in [9.17, 15) is 0 Å². The first-order valence-corrected chi connectivity index (χ1v) is 7.89. The molecule has 21 heavy (non-hydrogen) atoms. The van der Waals surface area contributed by atoms with Gasteiger partial charge in [0.25, 0.3) is 0 Å². The van der Waals surface area contributed by atoms with Gasteiger partial charge in [0.05, 0.1) is 28.4 Å². The Bertz CT molecular complexity index is 690. The summed E-state index contributed by atoms with van der Waals surface area (Å²) in [4.78, 5) is 0. The van der Waals surface area contributed by atoms with Gasteiger partial charge in [-0.05, 0) is 30.3 Å². The molecule has 0 fully saturated rings. The standard InChI is InChI=1S/C15H11Cl4NO/c16-8-1-2-14(11(18)6-8)20-13-3-4-21-15-10(13)5-9(17)7-12(15)19/h1-2,5-7,13,20H,3-4H2. The summed E-state index contributed by atoms with van der Waals surface area (Å²) in [6, 6.07) is 8.93. The lowest BCUT2D eigenvalue weighted by Gasteiger charge is -2.28. The number of hydrogen-bond donors (Lipinski definition) is 1. The molecule has 1 unspecified atom stereocenters. The molecule has 0 aliphatic carbocycles. The van der Waals surface area contributed by atoms with Crippen LogP contribution in [0.3, 0.4) is 0 Å². The van der Waals surface area contributed by atoms with Crippen LogP contribution in [0.15, 0.2) is 30.3 Å². The van der Waals surface area contributed by atoms with E-state index in [-0.39, 0.29) is 6.04 Å². The van der Waals surface area contributed by atoms with E-state index in [1.165, 1.54) is 0 Å². The molecule has 1 heterocycles. The number of hydrogen-bond acceptors (Lipinski definition) is 2. The number of rotatable bonds is 2. The highest BCUT2D eigenvalue weighted by atomic mass is 35.5. The molecule has 0 amide bonds. The van der Waals surface area contributed by atoms with Gasteiger partial charge in [-0.1, -0.05) is 46.4 Å². The molecular formula is C15H11Cl4NO. The molecule has 0 spiro atoms. The summed E-state index contributed by atoms with van der Waals surface area (Å²) in [5, 5.41) is 5.67. The average Bonchev–Trinajstić information content (AvgIpc) is 2.42. The number of benzene rings is 2. The Hall–Kier alpha value is -0.800. The van der Waals surface area contributed by atoms with Crippen molar-refractivity contribution in [2.75, 3.05) is 11.9 Å². The zero-order valence-electron chi connectivity index (χ0n) is 10.8. The van der Waals surface area contributed by atoms with Crippen molar-refractivity contribution in [2.24, 2.45) is 0 Å². The second kappa shape index (κ2) is 6.13. The predicted octanol–water partition coefficient (Wildman–Crippen LogP) is 6.24. The molecule has 1 atom stereocenters. The van der Waals surface area contributed by atoms with Crippen LogP contribution in [0, 0.1) is 0 Å². The Morgan fingerprint density at radius 2 is 1.71 bits per heavy atom. The molecule has 110 valence electrons. The summed E-state index contributed by atoms with van der Waals surface area (Å²) in [6.07, 6.45) is 0.794. The van der Waals surface area contributed by atoms with Crippen molar-refractivity contribution < 1.29 is 4.74 Å². The van der Waals surface area contributed by atoms with E-state index in [1.54, 1.807) is 18.2 Å². The van der Waals surface area contributed by atoms with E-state index in [0.29, 0.717) is 32.4 Å². The molecule has 6 heteroatoms. The minimum Gasteiger partial charge on any atom is -0.492 e. The zero-order valence-corrected chi connectivity index (χ0v) is 13.8. The lowest BCUT2D eigenvalue weighted by atomic mass is 10.00. The van der Waals surface area contributed by atoms with Crippen LogP contribution >= 0.6 is 46.4 Å². The van der Waals surface area contributed by atoms with Crippen molar-refractivity contribution in [2.45, 2.75) is 12.5 Å². The maximum absolute atomic E-state index is 6.21. The van der Waals surface area contributed by atoms with Crippen LogP contribution in [0.4, 0.5) is 5.69 Å². The van der Waals surface area contributed by atoms with Gasteiger partial charge in [0, 0.05) is 22.0 Å². The van der Waals surface area contributed by atoms with Crippen molar-refractivity contribution in [1.29, 1.82) is 0 Å². The van der Waals surface area contributed by atoms with Crippen LogP contribution in [0.25, 0.3) is 0 Å². The number of anilines is 1. The Kier molecular flexibility index (Phi) is 4.41. The second-order valence-electron chi connectivity index (χ2n) is 4.76. The molecule has 1 aliphatic heterocycles. The Morgan fingerprint density at radius 1 is 0.952 bits per heavy atom. The molecule has 2 nitrogen and oxygen atoms in total. The van der Waals surface area contributed by atoms with E-state index in [4.69, 9.17) is 51.1 Å². The molecule has 1 aliphatic rings. The van der Waals surface area contributed by atoms with Crippen molar-refractivity contribution in [3.05, 3.63) is 56.0 Å². The van der Waals surface area contributed by atoms with Gasteiger partial charge in [0.1, 0.15) is 5.75 Å². The van der Waals surface area contributed by atoms with E-state index < -0.39 is 0 Å². The fourth-order valence-corrected chi connectivity index (χ4v) is 3.40. The van der Waals surface area contributed by atoms with Gasteiger partial charge in [-0.2, -0.15) is 0 Å². The van der Waals surface area contributed by atoms with E-state index >= 15 is 0 Å². The summed E-state index contributed by atoms with van der Waals surface area (Å²) >= 11 is 24.4. The van der Waals surface area contributed by atoms with Gasteiger partial charge in [-0.25, -0.2) is 0 Å². The van der Waals surface area contributed by atoms with E-state index in [1.807, 2.05) is 12.1 Å². The van der Waals surface area contributed by atoms with Gasteiger partial charge in [-0.3, -0.25) is 0 Å². The first-order chi connectivity index (χ1) is 10.0. The van der Waals surface area contributed by atoms with Crippen molar-refractivity contribution in [1.82, 2.24) is 0 Å². The fraction of sp³-hybridized carbons (Fsp3) is 0.200. The Morgan fingerprint density at radius 3 is 2.48 bits per heavy atom. The van der Waals surface area contributed by atoms with Crippen molar-refractivity contribution >= 4 is 52.1 Å². The fourth-order valence-electron chi connectivity index (χ4n) is 2.37. The highest BCUT2D eigenvalue weighted by molar-refractivity contribution is 6.36. The number of ether oxygens (including phenoxy) is 1. The topological polar surface area (TPSA) is 21.3 Å². The van der Waals surface area contributed by atoms with Crippen LogP contribution in [-0.4, -0.2) is 6.61 Å². The van der Waals surface area contributed by atoms with Crippen molar-refractivity contribution in [3.63, 3.8) is 0 Å². The zero-order chi connectivity index (χ0) is 15.0. The largest absolute Gasteiger partial charge is 0.492 e. The maximum Gasteiger partial charge on any atom is 0.143 e. The van der Waals surface area contributed by atoms with E-state index in [0.717, 1.165) is 17.7 Å². The quantitative estimate of drug-likeness (QED) is 0.682. The third-order valence-corrected chi connectivity index (χ3v) is 4.37. The lowest BCUT2D eigenvalue weighted by molar-refractivity contribution is 0.274. The molecule has 1 N–H and O–H groups in total. The Labute approximate surface area is 142 Å². The van der Waals surface area contributed by atoms with Gasteiger partial charge in [-0.15, -0.1) is 0 Å². The SMILES string of the molecule is Clc1ccc(NC2CCOc3c(Cl)cc(Cl)cc32)c(Cl)c1. The van der Waals surface area contributed by atoms with Gasteiger partial charge >= 0.3 is 0 Å². The minimum atomic E-state index is 0.0311. The first kappa shape index (κ1) is 15.1. The molecule has 0 radical (unpaired) electrons. The summed E-state index contributed by atoms with van der Waals surface area (Å²) in [6.45, 7) is 0.581. The van der Waals surface area contributed by atoms with E-state index in [2.05, 4.69) is 5.32 Å². The highest BCUT2D eigenvalue weighted by Gasteiger charge is 2.24. The van der Waals surface area contributed by atoms with Crippen LogP contribution in [0.5, 0.6) is 5.75 Å². The van der Waals surface area contributed by atoms with Crippen LogP contribution < -0.4 is 10.1 Å². The lowest BCUT2D eigenvalue weighted by Crippen LogP contribution is -2.20. The molecule has 0 saturated heterocycles. The smallest absolute Gasteiger partial charge is 0.143 e. The number of fused-ring (bicyclic) bond motifs is 1. The first-order valence-electron chi connectivity index (χ1n) is 6.38. The maximum atomic E-state index is 6.21. The monoisotopic (exact) mass is 361 g/mol. The van der Waals surface area contributed by atoms with Crippen molar-refractivity contribution in [3.8, 4) is 5.75 Å². The van der Waals surface area contributed by atoms with Gasteiger partial charge in [0.15, 0.2) is 0 Å². The third-order valence-electron chi connectivity index (χ3n) is 3.33. The summed E-state index contributed by atoms with van der Waals surface area (Å²) in [7, 11) is 0. The average molecular weight is 363 g/mol. The van der Waals surface area contributed by atoms with Crippen LogP contribution in [-0.2, 0) is 0 Å². The normalized spacial score (nSPS) is 17.0. The molecular weight excluding hydrogens is 352 g/mol. The molecule has 0 bridgehead atoms. The van der Waals surface area contributed by atoms with Crippen LogP contribution in [0.1, 0.15) is 18.0 Å². The Balaban J connectivity index is 1.95. The number of halogens is 4. The predicted molar refractivity (Wildman–Crippen MR) is 89.4 cm³/mol. The number of nitrogens with one attached hydrogen (secondary N) is 1. The summed E-state index contributed by atoms with van der Waals surface area (Å²) in [5.41, 5.74) is 1.75. The molecule has 2 aromatic carbocycles. The molecule has 2 aromatic rings. The third kappa shape index (κ3) is 3.19. The summed E-state index contributed by atoms with van der Waals surface area (Å²) in [5.74, 6) is 0.676. The van der Waals surface area contributed by atoms with Crippen LogP contribution in [0.2, 0.25) is 20.1 Å². The van der Waals surface area contributed by atoms with Gasteiger partial charge < -0.3 is 10.1 Å². The molecule has 0 saturated carbocycles. The molecule has 0 aromatic heterocycles. The molecule has 3 rings (SSSR count). The highest BCUT2D eigenvalue weighted by Crippen LogP contribution is 2.42. The minimum absolute atomic E-state index is 0.0311. The summed E-state index contributed by atoms with van der Waals surface area (Å²) < 4.78 is 5.64. The second-order valence-corrected chi connectivity index (χ2v) is 6.45.